The number of hydrogen-bond donors (Lipinski definition) is 1. The van der Waals surface area contributed by atoms with Crippen LogP contribution in [-0.2, 0) is 24.2 Å². The number of rotatable bonds is 6. The number of nitrogens with zero attached hydrogens (tertiary/aromatic N) is 1. The van der Waals surface area contributed by atoms with Crippen molar-refractivity contribution >= 4 is 17.5 Å². The van der Waals surface area contributed by atoms with E-state index in [1.807, 2.05) is 41.3 Å². The molecular weight excluding hydrogens is 338 g/mol. The van der Waals surface area contributed by atoms with Crippen molar-refractivity contribution in [3.8, 4) is 11.5 Å². The molecule has 1 aliphatic rings. The van der Waals surface area contributed by atoms with Crippen LogP contribution in [0.15, 0.2) is 42.5 Å². The number of halogens is 1. The Balaban J connectivity index is 1.73. The molecule has 0 atom stereocenters. The maximum atomic E-state index is 12.4. The number of carbonyl (C=O) groups is 1. The fraction of sp³-hybridized carbons (Fsp3) is 0.350. The molecule has 2 aromatic carbocycles. The number of fused-ring (bicyclic) bond motifs is 1. The predicted octanol–water partition coefficient (Wildman–Crippen LogP) is 3.53. The Morgan fingerprint density at radius 3 is 2.72 bits per heavy atom. The van der Waals surface area contributed by atoms with Gasteiger partial charge in [0.1, 0.15) is 6.61 Å². The van der Waals surface area contributed by atoms with E-state index in [-0.39, 0.29) is 11.7 Å². The molecule has 1 amide bonds. The van der Waals surface area contributed by atoms with Gasteiger partial charge in [-0.25, -0.2) is 0 Å². The van der Waals surface area contributed by atoms with Crippen LogP contribution in [0.5, 0.6) is 11.5 Å². The number of aromatic hydroxyl groups is 1. The van der Waals surface area contributed by atoms with E-state index in [1.165, 1.54) is 0 Å². The molecule has 0 aromatic heterocycles. The van der Waals surface area contributed by atoms with Crippen LogP contribution in [0, 0.1) is 0 Å². The Morgan fingerprint density at radius 1 is 1.16 bits per heavy atom. The van der Waals surface area contributed by atoms with Crippen molar-refractivity contribution in [1.29, 1.82) is 0 Å². The minimum atomic E-state index is 0.0803. The monoisotopic (exact) mass is 359 g/mol. The standard InChI is InChI=1S/C20H22ClNO3/c21-8-4-9-22-10-7-16-12-19(18(23)11-17(16)13-20(22)24)25-14-15-5-2-1-3-6-15/h1-3,5-6,11-12,23H,4,7-10,13-14H2. The molecule has 25 heavy (non-hydrogen) atoms. The van der Waals surface area contributed by atoms with Crippen molar-refractivity contribution in [2.45, 2.75) is 25.9 Å². The number of benzene rings is 2. The van der Waals surface area contributed by atoms with E-state index in [0.29, 0.717) is 37.7 Å². The molecule has 0 saturated heterocycles. The van der Waals surface area contributed by atoms with Gasteiger partial charge in [-0.1, -0.05) is 30.3 Å². The van der Waals surface area contributed by atoms with Crippen molar-refractivity contribution in [1.82, 2.24) is 4.90 Å². The van der Waals surface area contributed by atoms with Crippen molar-refractivity contribution < 1.29 is 14.6 Å². The maximum Gasteiger partial charge on any atom is 0.227 e. The summed E-state index contributed by atoms with van der Waals surface area (Å²) in [4.78, 5) is 14.2. The fourth-order valence-corrected chi connectivity index (χ4v) is 3.16. The van der Waals surface area contributed by atoms with Crippen LogP contribution in [-0.4, -0.2) is 34.9 Å². The zero-order valence-corrected chi connectivity index (χ0v) is 14.8. The molecule has 3 rings (SSSR count). The van der Waals surface area contributed by atoms with Crippen molar-refractivity contribution in [3.05, 3.63) is 59.2 Å². The highest BCUT2D eigenvalue weighted by Crippen LogP contribution is 2.32. The van der Waals surface area contributed by atoms with Crippen molar-refractivity contribution in [2.75, 3.05) is 19.0 Å². The Hall–Kier alpha value is -2.20. The van der Waals surface area contributed by atoms with Gasteiger partial charge in [0.25, 0.3) is 0 Å². The lowest BCUT2D eigenvalue weighted by atomic mass is 10.0. The van der Waals surface area contributed by atoms with Gasteiger partial charge in [0.15, 0.2) is 11.5 Å². The Kier molecular flexibility index (Phi) is 5.82. The summed E-state index contributed by atoms with van der Waals surface area (Å²) in [6.45, 7) is 1.75. The summed E-state index contributed by atoms with van der Waals surface area (Å²) in [7, 11) is 0. The second kappa shape index (κ2) is 8.26. The molecule has 1 heterocycles. The molecule has 2 aromatic rings. The average Bonchev–Trinajstić information content (AvgIpc) is 2.77. The number of carbonyl (C=O) groups excluding carboxylic acids is 1. The van der Waals surface area contributed by atoms with Gasteiger partial charge in [0.2, 0.25) is 5.91 Å². The lowest BCUT2D eigenvalue weighted by molar-refractivity contribution is -0.130. The topological polar surface area (TPSA) is 49.8 Å². The molecule has 0 saturated carbocycles. The molecule has 5 heteroatoms. The van der Waals surface area contributed by atoms with Gasteiger partial charge in [0.05, 0.1) is 6.42 Å². The molecule has 132 valence electrons. The highest BCUT2D eigenvalue weighted by atomic mass is 35.5. The number of phenols is 1. The van der Waals surface area contributed by atoms with Crippen LogP contribution in [0.2, 0.25) is 0 Å². The highest BCUT2D eigenvalue weighted by Gasteiger charge is 2.22. The van der Waals surface area contributed by atoms with E-state index in [0.717, 1.165) is 29.5 Å². The third-order valence-corrected chi connectivity index (χ3v) is 4.69. The van der Waals surface area contributed by atoms with E-state index < -0.39 is 0 Å². The molecule has 0 spiro atoms. The number of ether oxygens (including phenoxy) is 1. The summed E-state index contributed by atoms with van der Waals surface area (Å²) in [5, 5.41) is 10.3. The second-order valence-electron chi connectivity index (χ2n) is 6.21. The first-order valence-corrected chi connectivity index (χ1v) is 9.06. The predicted molar refractivity (Wildman–Crippen MR) is 98.2 cm³/mol. The summed E-state index contributed by atoms with van der Waals surface area (Å²) in [5.74, 6) is 1.18. The Morgan fingerprint density at radius 2 is 1.96 bits per heavy atom. The van der Waals surface area contributed by atoms with Crippen LogP contribution in [0.4, 0.5) is 0 Å². The summed E-state index contributed by atoms with van der Waals surface area (Å²) >= 11 is 5.74. The summed E-state index contributed by atoms with van der Waals surface area (Å²) in [6.07, 6.45) is 1.86. The maximum absolute atomic E-state index is 12.4. The zero-order chi connectivity index (χ0) is 17.6. The normalized spacial score (nSPS) is 14.1. The van der Waals surface area contributed by atoms with E-state index in [2.05, 4.69) is 0 Å². The van der Waals surface area contributed by atoms with Crippen LogP contribution < -0.4 is 4.74 Å². The fourth-order valence-electron chi connectivity index (χ4n) is 3.04. The first-order chi connectivity index (χ1) is 12.2. The summed E-state index contributed by atoms with van der Waals surface area (Å²) < 4.78 is 5.78. The third kappa shape index (κ3) is 4.45. The minimum absolute atomic E-state index is 0.0803. The number of phenolic OH excluding ortho intramolecular Hbond substituents is 1. The van der Waals surface area contributed by atoms with E-state index in [9.17, 15) is 9.90 Å². The first kappa shape index (κ1) is 17.6. The molecule has 0 radical (unpaired) electrons. The molecule has 0 aliphatic carbocycles. The third-order valence-electron chi connectivity index (χ3n) is 4.43. The molecule has 4 nitrogen and oxygen atoms in total. The van der Waals surface area contributed by atoms with Gasteiger partial charge in [0, 0.05) is 19.0 Å². The second-order valence-corrected chi connectivity index (χ2v) is 6.59. The largest absolute Gasteiger partial charge is 0.504 e. The molecule has 1 aliphatic heterocycles. The minimum Gasteiger partial charge on any atom is -0.504 e. The summed E-state index contributed by atoms with van der Waals surface area (Å²) in [6, 6.07) is 13.4. The Labute approximate surface area is 153 Å². The Bertz CT molecular complexity index is 733. The van der Waals surface area contributed by atoms with Crippen LogP contribution in [0.1, 0.15) is 23.1 Å². The van der Waals surface area contributed by atoms with E-state index in [1.54, 1.807) is 6.07 Å². The SMILES string of the molecule is O=C1Cc2cc(O)c(OCc3ccccc3)cc2CCN1CCCCl. The van der Waals surface area contributed by atoms with Gasteiger partial charge in [-0.2, -0.15) is 0 Å². The van der Waals surface area contributed by atoms with E-state index >= 15 is 0 Å². The molecule has 1 N–H and O–H groups in total. The number of hydrogen-bond acceptors (Lipinski definition) is 3. The lowest BCUT2D eigenvalue weighted by Crippen LogP contribution is -2.33. The van der Waals surface area contributed by atoms with Crippen LogP contribution in [0.25, 0.3) is 0 Å². The van der Waals surface area contributed by atoms with Gasteiger partial charge in [-0.05, 0) is 41.7 Å². The first-order valence-electron chi connectivity index (χ1n) is 8.52. The van der Waals surface area contributed by atoms with Gasteiger partial charge in [-0.15, -0.1) is 11.6 Å². The molecule has 0 bridgehead atoms. The smallest absolute Gasteiger partial charge is 0.227 e. The van der Waals surface area contributed by atoms with Gasteiger partial charge >= 0.3 is 0 Å². The van der Waals surface area contributed by atoms with Crippen LogP contribution >= 0.6 is 11.6 Å². The molecule has 0 unspecified atom stereocenters. The zero-order valence-electron chi connectivity index (χ0n) is 14.1. The van der Waals surface area contributed by atoms with Gasteiger partial charge < -0.3 is 14.7 Å². The van der Waals surface area contributed by atoms with Crippen molar-refractivity contribution in [2.24, 2.45) is 0 Å². The average molecular weight is 360 g/mol. The molecule has 0 fully saturated rings. The lowest BCUT2D eigenvalue weighted by Gasteiger charge is -2.19. The summed E-state index contributed by atoms with van der Waals surface area (Å²) in [5.41, 5.74) is 2.98. The van der Waals surface area contributed by atoms with Crippen molar-refractivity contribution in [3.63, 3.8) is 0 Å². The highest BCUT2D eigenvalue weighted by molar-refractivity contribution is 6.17. The number of amides is 1. The quantitative estimate of drug-likeness (QED) is 0.803. The number of alkyl halides is 1. The molecular formula is C20H22ClNO3. The van der Waals surface area contributed by atoms with Crippen LogP contribution in [0.3, 0.4) is 0 Å². The van der Waals surface area contributed by atoms with Gasteiger partial charge in [-0.3, -0.25) is 4.79 Å². The van der Waals surface area contributed by atoms with E-state index in [4.69, 9.17) is 16.3 Å².